The van der Waals surface area contributed by atoms with Crippen molar-refractivity contribution in [3.63, 3.8) is 0 Å². The first-order chi connectivity index (χ1) is 15.7. The lowest BCUT2D eigenvalue weighted by molar-refractivity contribution is -0.151. The average molecular weight is 471 g/mol. The molecular formula is C24H27ClN4O4. The van der Waals surface area contributed by atoms with E-state index >= 15 is 0 Å². The number of amides is 1. The van der Waals surface area contributed by atoms with Crippen LogP contribution in [0.5, 0.6) is 0 Å². The van der Waals surface area contributed by atoms with E-state index in [1.807, 2.05) is 0 Å². The molecule has 8 nitrogen and oxygen atoms in total. The van der Waals surface area contributed by atoms with Gasteiger partial charge >= 0.3 is 5.97 Å². The quantitative estimate of drug-likeness (QED) is 0.577. The van der Waals surface area contributed by atoms with Crippen LogP contribution in [0.15, 0.2) is 35.3 Å². The third-order valence-corrected chi connectivity index (χ3v) is 7.90. The Morgan fingerprint density at radius 3 is 2.39 bits per heavy atom. The largest absolute Gasteiger partial charge is 0.481 e. The van der Waals surface area contributed by atoms with Crippen molar-refractivity contribution in [3.8, 4) is 0 Å². The number of carbonyl (C=O) groups excluding carboxylic acids is 1. The van der Waals surface area contributed by atoms with E-state index in [2.05, 4.69) is 15.7 Å². The summed E-state index contributed by atoms with van der Waals surface area (Å²) in [6.07, 6.45) is 7.06. The highest BCUT2D eigenvalue weighted by Crippen LogP contribution is 2.65. The van der Waals surface area contributed by atoms with Crippen molar-refractivity contribution in [1.29, 1.82) is 0 Å². The maximum atomic E-state index is 13.4. The van der Waals surface area contributed by atoms with Gasteiger partial charge in [0.15, 0.2) is 0 Å². The molecule has 33 heavy (non-hydrogen) atoms. The van der Waals surface area contributed by atoms with Crippen LogP contribution in [0.4, 0.5) is 17.1 Å². The van der Waals surface area contributed by atoms with Gasteiger partial charge in [-0.3, -0.25) is 14.4 Å². The lowest BCUT2D eigenvalue weighted by Gasteiger charge is -2.61. The third-order valence-electron chi connectivity index (χ3n) is 7.53. The van der Waals surface area contributed by atoms with E-state index in [4.69, 9.17) is 11.6 Å². The molecule has 4 aliphatic carbocycles. The lowest BCUT2D eigenvalue weighted by atomic mass is 9.46. The van der Waals surface area contributed by atoms with Crippen LogP contribution >= 0.6 is 11.6 Å². The molecule has 4 aliphatic rings. The highest BCUT2D eigenvalue weighted by atomic mass is 35.5. The number of carboxylic acid groups (broad SMARTS) is 1. The zero-order valence-corrected chi connectivity index (χ0v) is 19.2. The molecule has 174 valence electrons. The van der Waals surface area contributed by atoms with E-state index < -0.39 is 11.5 Å². The Bertz CT molecular complexity index is 1160. The van der Waals surface area contributed by atoms with E-state index in [0.29, 0.717) is 35.3 Å². The van der Waals surface area contributed by atoms with Crippen molar-refractivity contribution in [3.05, 3.63) is 45.8 Å². The number of hydrogen-bond acceptors (Lipinski definition) is 5. The van der Waals surface area contributed by atoms with Crippen LogP contribution in [0, 0.1) is 17.3 Å². The summed E-state index contributed by atoms with van der Waals surface area (Å²) >= 11 is 6.52. The van der Waals surface area contributed by atoms with Crippen molar-refractivity contribution >= 4 is 40.5 Å². The second-order valence-electron chi connectivity index (χ2n) is 10.2. The van der Waals surface area contributed by atoms with Gasteiger partial charge in [-0.15, -0.1) is 0 Å². The van der Waals surface area contributed by atoms with Crippen LogP contribution in [-0.2, 0) is 15.1 Å². The minimum absolute atomic E-state index is 0.0685. The van der Waals surface area contributed by atoms with Gasteiger partial charge in [-0.1, -0.05) is 11.6 Å². The van der Waals surface area contributed by atoms with Gasteiger partial charge in [0.05, 0.1) is 23.8 Å². The van der Waals surface area contributed by atoms with Crippen molar-refractivity contribution in [2.24, 2.45) is 17.3 Å². The minimum atomic E-state index is -0.769. The lowest BCUT2D eigenvalue weighted by Crippen LogP contribution is -2.59. The van der Waals surface area contributed by atoms with Crippen LogP contribution in [0.25, 0.3) is 0 Å². The van der Waals surface area contributed by atoms with E-state index in [-0.39, 0.29) is 28.3 Å². The molecule has 4 saturated carbocycles. The molecule has 0 saturated heterocycles. The smallest absolute Gasteiger partial charge is 0.303 e. The fourth-order valence-electron chi connectivity index (χ4n) is 7.03. The standard InChI is InChI=1S/C24H27ClN4O4/c1-14(30)27-17-2-4-18(5-3-17)28-19-12-26-29(22(33)21(19)25)24-9-15-6-16(10-24)8-23(7-15,13-24)11-20(31)32/h2-5,12,15-16,28H,6-11,13H2,1H3,(H,27,30)(H,31,32)/t15-,16-,23?,24?/m1/s1. The van der Waals surface area contributed by atoms with Gasteiger partial charge in [0.1, 0.15) is 5.02 Å². The highest BCUT2D eigenvalue weighted by Gasteiger charge is 2.59. The zero-order valence-electron chi connectivity index (χ0n) is 18.4. The molecule has 4 bridgehead atoms. The number of carboxylic acids is 1. The summed E-state index contributed by atoms with van der Waals surface area (Å²) in [7, 11) is 0. The molecule has 1 aromatic carbocycles. The van der Waals surface area contributed by atoms with Crippen molar-refractivity contribution in [2.45, 2.75) is 57.4 Å². The number of aliphatic carboxylic acids is 1. The van der Waals surface area contributed by atoms with Crippen LogP contribution in [-0.4, -0.2) is 26.8 Å². The molecule has 0 spiro atoms. The molecule has 9 heteroatoms. The Labute approximate surface area is 196 Å². The number of benzene rings is 1. The predicted octanol–water partition coefficient (Wildman–Crippen LogP) is 4.37. The Balaban J connectivity index is 1.43. The van der Waals surface area contributed by atoms with Crippen LogP contribution in [0.1, 0.15) is 51.9 Å². The zero-order chi connectivity index (χ0) is 23.4. The molecule has 3 N–H and O–H groups in total. The monoisotopic (exact) mass is 470 g/mol. The van der Waals surface area contributed by atoms with Gasteiger partial charge < -0.3 is 15.7 Å². The Morgan fingerprint density at radius 1 is 1.15 bits per heavy atom. The van der Waals surface area contributed by atoms with Gasteiger partial charge in [0, 0.05) is 18.3 Å². The van der Waals surface area contributed by atoms with Gasteiger partial charge in [-0.25, -0.2) is 4.68 Å². The number of halogens is 1. The minimum Gasteiger partial charge on any atom is -0.481 e. The average Bonchev–Trinajstić information content (AvgIpc) is 2.70. The fraction of sp³-hybridized carbons (Fsp3) is 0.500. The molecule has 2 atom stereocenters. The molecule has 2 aromatic rings. The molecule has 4 fully saturated rings. The maximum Gasteiger partial charge on any atom is 0.303 e. The Hall–Kier alpha value is -2.87. The first-order valence-electron chi connectivity index (χ1n) is 11.3. The second kappa shape index (κ2) is 7.87. The normalized spacial score (nSPS) is 29.6. The third kappa shape index (κ3) is 4.01. The summed E-state index contributed by atoms with van der Waals surface area (Å²) in [5.74, 6) is -0.0631. The molecule has 0 radical (unpaired) electrons. The van der Waals surface area contributed by atoms with Gasteiger partial charge in [0.25, 0.3) is 5.56 Å². The Kier molecular flexibility index (Phi) is 5.23. The van der Waals surface area contributed by atoms with Gasteiger partial charge in [0.2, 0.25) is 5.91 Å². The molecule has 1 amide bonds. The van der Waals surface area contributed by atoms with Crippen LogP contribution in [0.2, 0.25) is 5.02 Å². The summed E-state index contributed by atoms with van der Waals surface area (Å²) in [6.45, 7) is 1.44. The number of carbonyl (C=O) groups is 2. The predicted molar refractivity (Wildman–Crippen MR) is 125 cm³/mol. The molecule has 6 rings (SSSR count). The fourth-order valence-corrected chi connectivity index (χ4v) is 7.21. The van der Waals surface area contributed by atoms with Gasteiger partial charge in [-0.05, 0) is 80.0 Å². The molecule has 0 aliphatic heterocycles. The summed E-state index contributed by atoms with van der Waals surface area (Å²) < 4.78 is 1.55. The summed E-state index contributed by atoms with van der Waals surface area (Å²) in [5, 5.41) is 20.0. The number of nitrogens with one attached hydrogen (secondary N) is 2. The summed E-state index contributed by atoms with van der Waals surface area (Å²) in [4.78, 5) is 36.2. The summed E-state index contributed by atoms with van der Waals surface area (Å²) in [6, 6.07) is 7.07. The van der Waals surface area contributed by atoms with Crippen LogP contribution in [0.3, 0.4) is 0 Å². The first kappa shape index (κ1) is 21.9. The maximum absolute atomic E-state index is 13.4. The highest BCUT2D eigenvalue weighted by molar-refractivity contribution is 6.33. The number of nitrogens with zero attached hydrogens (tertiary/aromatic N) is 2. The van der Waals surface area contributed by atoms with Gasteiger partial charge in [-0.2, -0.15) is 5.10 Å². The van der Waals surface area contributed by atoms with Crippen molar-refractivity contribution in [2.75, 3.05) is 10.6 Å². The molecule has 0 unspecified atom stereocenters. The topological polar surface area (TPSA) is 113 Å². The van der Waals surface area contributed by atoms with E-state index in [1.54, 1.807) is 35.1 Å². The molecule has 1 heterocycles. The van der Waals surface area contributed by atoms with Crippen molar-refractivity contribution < 1.29 is 14.7 Å². The molecule has 1 aromatic heterocycles. The van der Waals surface area contributed by atoms with E-state index in [1.165, 1.54) is 6.92 Å². The van der Waals surface area contributed by atoms with Crippen molar-refractivity contribution in [1.82, 2.24) is 9.78 Å². The number of hydrogen-bond donors (Lipinski definition) is 3. The first-order valence-corrected chi connectivity index (χ1v) is 11.7. The second-order valence-corrected chi connectivity index (χ2v) is 10.6. The Morgan fingerprint density at radius 2 is 1.79 bits per heavy atom. The van der Waals surface area contributed by atoms with Crippen LogP contribution < -0.4 is 16.2 Å². The number of anilines is 3. The number of aromatic nitrogens is 2. The SMILES string of the molecule is CC(=O)Nc1ccc(Nc2cnn(C34C[C@@H]5C[C@H](CC(CC(=O)O)(C5)C3)C4)c(=O)c2Cl)cc1. The summed E-state index contributed by atoms with van der Waals surface area (Å²) in [5.41, 5.74) is 0.735. The van der Waals surface area contributed by atoms with E-state index in [0.717, 1.165) is 32.1 Å². The van der Waals surface area contributed by atoms with E-state index in [9.17, 15) is 19.5 Å². The number of rotatable bonds is 6. The molecular weight excluding hydrogens is 444 g/mol.